The molecule has 42 heavy (non-hydrogen) atoms. The van der Waals surface area contributed by atoms with Crippen LogP contribution in [0.4, 0.5) is 27.7 Å². The summed E-state index contributed by atoms with van der Waals surface area (Å²) < 4.78 is 0. The van der Waals surface area contributed by atoms with E-state index in [1.807, 2.05) is 50.1 Å². The lowest BCUT2D eigenvalue weighted by atomic mass is 9.52. The van der Waals surface area contributed by atoms with Gasteiger partial charge < -0.3 is 25.1 Å². The highest BCUT2D eigenvalue weighted by molar-refractivity contribution is 5.98. The number of carbonyl (C=O) groups excluding carboxylic acids is 1. The number of anilines is 4. The number of oxime groups is 1. The SMILES string of the molecule is CC(C)(C)ON=C1CCN(c2ccc(N3CCN(C(=O)N[C@H]4C5CC6CC4C[C@@](O)(C6)C5)c4ccccc43)nc2)CC1. The molecule has 2 N–H and O–H groups in total. The standard InChI is InChI=1S/C33H44N6O3/c1-32(2,3)42-36-25-10-12-37(13-11-25)26-8-9-29(34-21-26)38-14-15-39(28-7-5-4-6-27(28)38)31(40)35-30-23-16-22-17-24(30)20-33(41,18-22)19-23/h4-9,21-24,30,41H,10-20H2,1-3H3,(H,35,40)/t22?,23?,24?,30-,33+. The Morgan fingerprint density at radius 3 is 2.36 bits per heavy atom. The third kappa shape index (κ3) is 5.32. The second kappa shape index (κ2) is 10.4. The summed E-state index contributed by atoms with van der Waals surface area (Å²) in [6.07, 6.45) is 8.61. The average Bonchev–Trinajstić information content (AvgIpc) is 2.96. The number of rotatable bonds is 4. The lowest BCUT2D eigenvalue weighted by Crippen LogP contribution is -2.63. The van der Waals surface area contributed by atoms with E-state index in [1.54, 1.807) is 0 Å². The zero-order valence-corrected chi connectivity index (χ0v) is 25.1. The highest BCUT2D eigenvalue weighted by Gasteiger charge is 2.55. The first-order chi connectivity index (χ1) is 20.1. The Hall–Kier alpha value is -3.33. The molecule has 1 saturated heterocycles. The Labute approximate surface area is 248 Å². The summed E-state index contributed by atoms with van der Waals surface area (Å²) in [7, 11) is 0. The van der Waals surface area contributed by atoms with Gasteiger partial charge in [-0.2, -0.15) is 0 Å². The van der Waals surface area contributed by atoms with Crippen LogP contribution in [0.5, 0.6) is 0 Å². The predicted molar refractivity (Wildman–Crippen MR) is 166 cm³/mol. The average molecular weight is 573 g/mol. The fourth-order valence-corrected chi connectivity index (χ4v) is 8.29. The van der Waals surface area contributed by atoms with Gasteiger partial charge in [-0.3, -0.25) is 4.90 Å². The lowest BCUT2D eigenvalue weighted by Gasteiger charge is -2.58. The highest BCUT2D eigenvalue weighted by atomic mass is 16.6. The van der Waals surface area contributed by atoms with Crippen molar-refractivity contribution in [3.8, 4) is 0 Å². The number of fused-ring (bicyclic) bond motifs is 1. The van der Waals surface area contributed by atoms with E-state index in [-0.39, 0.29) is 17.7 Å². The molecule has 3 heterocycles. The number of nitrogens with zero attached hydrogens (tertiary/aromatic N) is 5. The summed E-state index contributed by atoms with van der Waals surface area (Å²) in [5.41, 5.74) is 3.37. The molecule has 0 spiro atoms. The van der Waals surface area contributed by atoms with E-state index < -0.39 is 5.60 Å². The van der Waals surface area contributed by atoms with Crippen molar-refractivity contribution in [2.75, 3.05) is 40.9 Å². The monoisotopic (exact) mass is 572 g/mol. The molecular weight excluding hydrogens is 528 g/mol. The summed E-state index contributed by atoms with van der Waals surface area (Å²) in [5.74, 6) is 2.29. The maximum absolute atomic E-state index is 13.7. The molecule has 224 valence electrons. The molecule has 2 aromatic rings. The number of benzene rings is 1. The molecule has 2 atom stereocenters. The van der Waals surface area contributed by atoms with Crippen molar-refractivity contribution < 1.29 is 14.7 Å². The van der Waals surface area contributed by atoms with Gasteiger partial charge in [0.25, 0.3) is 0 Å². The van der Waals surface area contributed by atoms with Crippen LogP contribution in [0.1, 0.15) is 65.7 Å². The third-order valence-corrected chi connectivity index (χ3v) is 9.95. The molecular formula is C33H44N6O3. The van der Waals surface area contributed by atoms with Crippen molar-refractivity contribution in [1.29, 1.82) is 0 Å². The minimum absolute atomic E-state index is 0.0178. The van der Waals surface area contributed by atoms with Gasteiger partial charge in [0.2, 0.25) is 0 Å². The van der Waals surface area contributed by atoms with Crippen molar-refractivity contribution in [2.24, 2.45) is 22.9 Å². The molecule has 4 aliphatic carbocycles. The zero-order valence-electron chi connectivity index (χ0n) is 25.1. The van der Waals surface area contributed by atoms with E-state index in [1.165, 1.54) is 0 Å². The van der Waals surface area contributed by atoms with Gasteiger partial charge in [-0.15, -0.1) is 0 Å². The zero-order chi connectivity index (χ0) is 29.1. The van der Waals surface area contributed by atoms with Gasteiger partial charge in [-0.1, -0.05) is 17.3 Å². The van der Waals surface area contributed by atoms with Gasteiger partial charge in [0.05, 0.1) is 34.6 Å². The maximum Gasteiger partial charge on any atom is 0.322 e. The normalized spacial score (nSPS) is 30.3. The maximum atomic E-state index is 13.7. The third-order valence-electron chi connectivity index (χ3n) is 9.95. The Balaban J connectivity index is 1.02. The number of urea groups is 1. The summed E-state index contributed by atoms with van der Waals surface area (Å²) in [4.78, 5) is 30.7. The summed E-state index contributed by atoms with van der Waals surface area (Å²) in [6, 6.07) is 12.5. The van der Waals surface area contributed by atoms with E-state index in [0.717, 1.165) is 86.6 Å². The molecule has 1 aromatic heterocycles. The van der Waals surface area contributed by atoms with Crippen LogP contribution in [0.25, 0.3) is 0 Å². The van der Waals surface area contributed by atoms with Crippen molar-refractivity contribution in [3.63, 3.8) is 0 Å². The number of amides is 2. The molecule has 2 unspecified atom stereocenters. The Morgan fingerprint density at radius 1 is 1.00 bits per heavy atom. The number of aliphatic hydroxyl groups is 1. The molecule has 9 heteroatoms. The second-order valence-corrected chi connectivity index (χ2v) is 14.2. The van der Waals surface area contributed by atoms with Gasteiger partial charge in [-0.25, -0.2) is 9.78 Å². The van der Waals surface area contributed by atoms with Crippen LogP contribution in [0.15, 0.2) is 47.8 Å². The number of carbonyl (C=O) groups is 1. The van der Waals surface area contributed by atoms with E-state index >= 15 is 0 Å². The van der Waals surface area contributed by atoms with Crippen LogP contribution in [0.2, 0.25) is 0 Å². The molecule has 4 bridgehead atoms. The van der Waals surface area contributed by atoms with E-state index in [4.69, 9.17) is 9.82 Å². The molecule has 2 aliphatic heterocycles. The van der Waals surface area contributed by atoms with Gasteiger partial charge >= 0.3 is 6.03 Å². The highest BCUT2D eigenvalue weighted by Crippen LogP contribution is 2.55. The van der Waals surface area contributed by atoms with Crippen LogP contribution in [0, 0.1) is 17.8 Å². The minimum Gasteiger partial charge on any atom is -0.390 e. The number of nitrogens with one attached hydrogen (secondary N) is 1. The number of pyridine rings is 1. The summed E-state index contributed by atoms with van der Waals surface area (Å²) in [5, 5.41) is 18.8. The smallest absolute Gasteiger partial charge is 0.322 e. The van der Waals surface area contributed by atoms with Crippen LogP contribution in [-0.4, -0.2) is 65.3 Å². The molecule has 8 rings (SSSR count). The molecule has 4 saturated carbocycles. The molecule has 1 aromatic carbocycles. The fraction of sp³-hybridized carbons (Fsp3) is 0.606. The van der Waals surface area contributed by atoms with E-state index in [2.05, 4.69) is 38.5 Å². The number of hydrogen-bond acceptors (Lipinski definition) is 7. The van der Waals surface area contributed by atoms with Crippen LogP contribution in [-0.2, 0) is 4.84 Å². The minimum atomic E-state index is -0.495. The number of aromatic nitrogens is 1. The van der Waals surface area contributed by atoms with Crippen molar-refractivity contribution in [1.82, 2.24) is 10.3 Å². The van der Waals surface area contributed by atoms with E-state index in [0.29, 0.717) is 30.8 Å². The Morgan fingerprint density at radius 2 is 1.71 bits per heavy atom. The van der Waals surface area contributed by atoms with Crippen LogP contribution >= 0.6 is 0 Å². The quantitative estimate of drug-likeness (QED) is 0.473. The number of hydrogen-bond donors (Lipinski definition) is 2. The first kappa shape index (κ1) is 27.5. The van der Waals surface area contributed by atoms with Crippen molar-refractivity contribution in [3.05, 3.63) is 42.6 Å². The summed E-state index contributed by atoms with van der Waals surface area (Å²) >= 11 is 0. The molecule has 5 fully saturated rings. The van der Waals surface area contributed by atoms with Gasteiger partial charge in [0.15, 0.2) is 0 Å². The van der Waals surface area contributed by atoms with Crippen LogP contribution < -0.4 is 20.0 Å². The molecule has 2 amide bonds. The van der Waals surface area contributed by atoms with Gasteiger partial charge in [-0.05, 0) is 94.9 Å². The van der Waals surface area contributed by atoms with Crippen molar-refractivity contribution in [2.45, 2.75) is 83.0 Å². The van der Waals surface area contributed by atoms with Gasteiger partial charge in [0, 0.05) is 45.1 Å². The second-order valence-electron chi connectivity index (χ2n) is 14.2. The summed E-state index contributed by atoms with van der Waals surface area (Å²) in [6.45, 7) is 9.10. The first-order valence-electron chi connectivity index (χ1n) is 15.8. The molecule has 6 aliphatic rings. The first-order valence-corrected chi connectivity index (χ1v) is 15.8. The molecule has 0 radical (unpaired) electrons. The largest absolute Gasteiger partial charge is 0.390 e. The van der Waals surface area contributed by atoms with Crippen LogP contribution in [0.3, 0.4) is 0 Å². The van der Waals surface area contributed by atoms with Crippen molar-refractivity contribution >= 4 is 34.6 Å². The fourth-order valence-electron chi connectivity index (χ4n) is 8.29. The Bertz CT molecular complexity index is 1330. The predicted octanol–water partition coefficient (Wildman–Crippen LogP) is 5.46. The number of piperidine rings is 1. The lowest BCUT2D eigenvalue weighted by molar-refractivity contribution is -0.136. The van der Waals surface area contributed by atoms with E-state index in [9.17, 15) is 9.90 Å². The topological polar surface area (TPSA) is 93.5 Å². The van der Waals surface area contributed by atoms with Gasteiger partial charge in [0.1, 0.15) is 11.4 Å². The number of para-hydroxylation sites is 2. The Kier molecular flexibility index (Phi) is 6.83. The molecule has 9 nitrogen and oxygen atoms in total.